The molecule has 0 amide bonds. The van der Waals surface area contributed by atoms with Crippen molar-refractivity contribution in [1.82, 2.24) is 14.7 Å². The van der Waals surface area contributed by atoms with Gasteiger partial charge in [0.05, 0.1) is 6.54 Å². The summed E-state index contributed by atoms with van der Waals surface area (Å²) in [6, 6.07) is 1.76. The molecular weight excluding hydrogens is 190 g/mol. The van der Waals surface area contributed by atoms with Gasteiger partial charge in [0.25, 0.3) is 0 Å². The summed E-state index contributed by atoms with van der Waals surface area (Å²) in [6.07, 6.45) is 9.78. The standard InChI is InChI=1S/C11H11N3O/c1-3-9-7-10(15-13-9)8-14-6-5-12-11(14)4-2/h1,5-7H,4,8H2,2H3. The number of hydrogen-bond acceptors (Lipinski definition) is 3. The fraction of sp³-hybridized carbons (Fsp3) is 0.273. The van der Waals surface area contributed by atoms with Crippen LogP contribution in [0, 0.1) is 12.3 Å². The van der Waals surface area contributed by atoms with Crippen LogP contribution in [0.4, 0.5) is 0 Å². The Balaban J connectivity index is 2.18. The first-order chi connectivity index (χ1) is 7.33. The number of nitrogens with zero attached hydrogens (tertiary/aromatic N) is 3. The molecule has 0 unspecified atom stereocenters. The lowest BCUT2D eigenvalue weighted by Gasteiger charge is -2.01. The van der Waals surface area contributed by atoms with Crippen LogP contribution >= 0.6 is 0 Å². The highest BCUT2D eigenvalue weighted by molar-refractivity contribution is 5.23. The van der Waals surface area contributed by atoms with Gasteiger partial charge in [0, 0.05) is 24.9 Å². The third-order valence-electron chi connectivity index (χ3n) is 2.15. The molecule has 0 saturated carbocycles. The molecule has 4 heteroatoms. The fourth-order valence-corrected chi connectivity index (χ4v) is 1.42. The summed E-state index contributed by atoms with van der Waals surface area (Å²) in [5, 5.41) is 3.73. The summed E-state index contributed by atoms with van der Waals surface area (Å²) in [4.78, 5) is 4.22. The predicted octanol–water partition coefficient (Wildman–Crippen LogP) is 1.46. The molecule has 0 aliphatic rings. The maximum Gasteiger partial charge on any atom is 0.157 e. The van der Waals surface area contributed by atoms with E-state index < -0.39 is 0 Å². The zero-order chi connectivity index (χ0) is 10.7. The minimum absolute atomic E-state index is 0.531. The first kappa shape index (κ1) is 9.53. The van der Waals surface area contributed by atoms with Crippen LogP contribution in [0.25, 0.3) is 0 Å². The Labute approximate surface area is 87.9 Å². The number of imidazole rings is 1. The average molecular weight is 201 g/mol. The molecule has 0 saturated heterocycles. The van der Waals surface area contributed by atoms with Crippen molar-refractivity contribution in [2.75, 3.05) is 0 Å². The van der Waals surface area contributed by atoms with E-state index in [1.165, 1.54) is 0 Å². The van der Waals surface area contributed by atoms with Crippen molar-refractivity contribution in [1.29, 1.82) is 0 Å². The minimum atomic E-state index is 0.531. The van der Waals surface area contributed by atoms with Crippen molar-refractivity contribution in [2.45, 2.75) is 19.9 Å². The second-order valence-electron chi connectivity index (χ2n) is 3.15. The summed E-state index contributed by atoms with van der Waals surface area (Å²) in [5.41, 5.74) is 0.531. The van der Waals surface area contributed by atoms with E-state index in [1.807, 2.05) is 10.8 Å². The van der Waals surface area contributed by atoms with Crippen molar-refractivity contribution in [3.63, 3.8) is 0 Å². The van der Waals surface area contributed by atoms with Crippen LogP contribution in [0.3, 0.4) is 0 Å². The lowest BCUT2D eigenvalue weighted by atomic mass is 10.3. The highest BCUT2D eigenvalue weighted by Gasteiger charge is 2.05. The maximum absolute atomic E-state index is 5.20. The SMILES string of the molecule is C#Cc1cc(Cn2ccnc2CC)on1. The second kappa shape index (κ2) is 4.01. The van der Waals surface area contributed by atoms with Gasteiger partial charge in [0.1, 0.15) is 5.82 Å². The van der Waals surface area contributed by atoms with Gasteiger partial charge in [-0.3, -0.25) is 0 Å². The quantitative estimate of drug-likeness (QED) is 0.706. The van der Waals surface area contributed by atoms with Crippen LogP contribution in [0.1, 0.15) is 24.2 Å². The van der Waals surface area contributed by atoms with Crippen molar-refractivity contribution < 1.29 is 4.52 Å². The first-order valence-corrected chi connectivity index (χ1v) is 4.75. The van der Waals surface area contributed by atoms with E-state index in [4.69, 9.17) is 10.9 Å². The van der Waals surface area contributed by atoms with Crippen molar-refractivity contribution in [3.8, 4) is 12.3 Å². The summed E-state index contributed by atoms with van der Waals surface area (Å²) in [6.45, 7) is 2.68. The van der Waals surface area contributed by atoms with Gasteiger partial charge in [0.2, 0.25) is 0 Å². The number of rotatable bonds is 3. The monoisotopic (exact) mass is 201 g/mol. The van der Waals surface area contributed by atoms with Crippen LogP contribution in [0.5, 0.6) is 0 Å². The Bertz CT molecular complexity index is 490. The Morgan fingerprint density at radius 1 is 1.60 bits per heavy atom. The van der Waals surface area contributed by atoms with Gasteiger partial charge < -0.3 is 9.09 Å². The number of aryl methyl sites for hydroxylation is 1. The van der Waals surface area contributed by atoms with E-state index in [1.54, 1.807) is 12.3 Å². The number of hydrogen-bond donors (Lipinski definition) is 0. The molecule has 0 radical (unpaired) electrons. The van der Waals surface area contributed by atoms with Gasteiger partial charge in [0.15, 0.2) is 11.5 Å². The van der Waals surface area contributed by atoms with Gasteiger partial charge in [-0.25, -0.2) is 4.98 Å². The molecule has 76 valence electrons. The average Bonchev–Trinajstić information content (AvgIpc) is 2.87. The van der Waals surface area contributed by atoms with Gasteiger partial charge in [-0.05, 0) is 5.92 Å². The number of aromatic nitrogens is 3. The van der Waals surface area contributed by atoms with Crippen LogP contribution in [-0.2, 0) is 13.0 Å². The second-order valence-corrected chi connectivity index (χ2v) is 3.15. The molecule has 0 aliphatic carbocycles. The van der Waals surface area contributed by atoms with Crippen molar-refractivity contribution >= 4 is 0 Å². The fourth-order valence-electron chi connectivity index (χ4n) is 1.42. The molecule has 0 N–H and O–H groups in total. The summed E-state index contributed by atoms with van der Waals surface area (Å²) >= 11 is 0. The highest BCUT2D eigenvalue weighted by Crippen LogP contribution is 2.07. The van der Waals surface area contributed by atoms with Crippen molar-refractivity contribution in [2.24, 2.45) is 0 Å². The predicted molar refractivity (Wildman–Crippen MR) is 55.1 cm³/mol. The summed E-state index contributed by atoms with van der Waals surface area (Å²) in [5.74, 6) is 4.19. The molecule has 0 aliphatic heterocycles. The smallest absolute Gasteiger partial charge is 0.157 e. The molecule has 15 heavy (non-hydrogen) atoms. The Morgan fingerprint density at radius 3 is 3.13 bits per heavy atom. The van der Waals surface area contributed by atoms with E-state index >= 15 is 0 Å². The molecule has 0 atom stereocenters. The van der Waals surface area contributed by atoms with Gasteiger partial charge in [-0.15, -0.1) is 6.42 Å². The van der Waals surface area contributed by atoms with E-state index in [-0.39, 0.29) is 0 Å². The van der Waals surface area contributed by atoms with Crippen molar-refractivity contribution in [3.05, 3.63) is 35.7 Å². The normalized spacial score (nSPS) is 10.1. The largest absolute Gasteiger partial charge is 0.358 e. The highest BCUT2D eigenvalue weighted by atomic mass is 16.5. The molecule has 0 spiro atoms. The van der Waals surface area contributed by atoms with Crippen LogP contribution in [0.2, 0.25) is 0 Å². The van der Waals surface area contributed by atoms with E-state index in [2.05, 4.69) is 23.0 Å². The third-order valence-corrected chi connectivity index (χ3v) is 2.15. The lowest BCUT2D eigenvalue weighted by molar-refractivity contribution is 0.373. The minimum Gasteiger partial charge on any atom is -0.358 e. The van der Waals surface area contributed by atoms with E-state index in [0.29, 0.717) is 12.2 Å². The molecule has 4 nitrogen and oxygen atoms in total. The zero-order valence-electron chi connectivity index (χ0n) is 8.47. The van der Waals surface area contributed by atoms with Gasteiger partial charge in [-0.1, -0.05) is 12.1 Å². The summed E-state index contributed by atoms with van der Waals surface area (Å²) in [7, 11) is 0. The van der Waals surface area contributed by atoms with Gasteiger partial charge in [-0.2, -0.15) is 0 Å². The van der Waals surface area contributed by atoms with Crippen LogP contribution < -0.4 is 0 Å². The molecule has 2 heterocycles. The molecule has 2 aromatic rings. The third kappa shape index (κ3) is 1.91. The Kier molecular flexibility index (Phi) is 2.55. The van der Waals surface area contributed by atoms with Crippen LogP contribution in [-0.4, -0.2) is 14.7 Å². The number of terminal acetylenes is 1. The zero-order valence-corrected chi connectivity index (χ0v) is 8.47. The van der Waals surface area contributed by atoms with E-state index in [0.717, 1.165) is 18.0 Å². The van der Waals surface area contributed by atoms with Gasteiger partial charge >= 0.3 is 0 Å². The lowest BCUT2D eigenvalue weighted by Crippen LogP contribution is -2.02. The molecule has 0 bridgehead atoms. The first-order valence-electron chi connectivity index (χ1n) is 4.75. The van der Waals surface area contributed by atoms with E-state index in [9.17, 15) is 0 Å². The molecule has 0 fully saturated rings. The molecule has 2 rings (SSSR count). The molecular formula is C11H11N3O. The summed E-state index contributed by atoms with van der Waals surface area (Å²) < 4.78 is 7.10. The maximum atomic E-state index is 5.20. The topological polar surface area (TPSA) is 43.9 Å². The van der Waals surface area contributed by atoms with Crippen LogP contribution in [0.15, 0.2) is 23.0 Å². The Morgan fingerprint density at radius 2 is 2.47 bits per heavy atom. The Hall–Kier alpha value is -2.02. The molecule has 2 aromatic heterocycles. The molecule has 0 aromatic carbocycles.